The van der Waals surface area contributed by atoms with E-state index in [9.17, 15) is 4.79 Å². The Balaban J connectivity index is 1.42. The molecule has 156 valence electrons. The summed E-state index contributed by atoms with van der Waals surface area (Å²) >= 11 is 0. The SMILES string of the molecule is CCN1CCN(CCNC(=O)c2nn(-c3ccc(C)cc3)c3c2CCCC3)CC1. The van der Waals surface area contributed by atoms with Crippen LogP contribution in [0.1, 0.15) is 47.1 Å². The van der Waals surface area contributed by atoms with Gasteiger partial charge in [-0.15, -0.1) is 0 Å². The van der Waals surface area contributed by atoms with Gasteiger partial charge in [-0.05, 0) is 51.3 Å². The first kappa shape index (κ1) is 20.1. The van der Waals surface area contributed by atoms with Crippen molar-refractivity contribution in [3.8, 4) is 5.69 Å². The zero-order valence-electron chi connectivity index (χ0n) is 17.8. The summed E-state index contributed by atoms with van der Waals surface area (Å²) in [5, 5.41) is 7.89. The minimum atomic E-state index is -0.0267. The maximum absolute atomic E-state index is 12.9. The molecule has 2 heterocycles. The Labute approximate surface area is 173 Å². The smallest absolute Gasteiger partial charge is 0.272 e. The largest absolute Gasteiger partial charge is 0.349 e. The Morgan fingerprint density at radius 1 is 1.03 bits per heavy atom. The fraction of sp³-hybridized carbons (Fsp3) is 0.565. The molecule has 0 unspecified atom stereocenters. The van der Waals surface area contributed by atoms with E-state index in [-0.39, 0.29) is 5.91 Å². The molecular formula is C23H33N5O. The van der Waals surface area contributed by atoms with Crippen molar-refractivity contribution in [3.05, 3.63) is 46.8 Å². The van der Waals surface area contributed by atoms with Crippen molar-refractivity contribution < 1.29 is 4.79 Å². The molecule has 0 atom stereocenters. The zero-order chi connectivity index (χ0) is 20.2. The number of nitrogens with zero attached hydrogens (tertiary/aromatic N) is 4. The van der Waals surface area contributed by atoms with Gasteiger partial charge in [0.1, 0.15) is 0 Å². The Bertz CT molecular complexity index is 834. The number of hydrogen-bond donors (Lipinski definition) is 1. The van der Waals surface area contributed by atoms with Gasteiger partial charge >= 0.3 is 0 Å². The molecule has 1 N–H and O–H groups in total. The number of piperazine rings is 1. The second-order valence-electron chi connectivity index (χ2n) is 8.26. The molecule has 0 bridgehead atoms. The molecule has 2 aliphatic rings. The zero-order valence-corrected chi connectivity index (χ0v) is 17.8. The topological polar surface area (TPSA) is 53.4 Å². The molecule has 4 rings (SSSR count). The Kier molecular flexibility index (Phi) is 6.31. The molecular weight excluding hydrogens is 362 g/mol. The minimum Gasteiger partial charge on any atom is -0.349 e. The highest BCUT2D eigenvalue weighted by molar-refractivity contribution is 5.94. The molecule has 1 aliphatic heterocycles. The standard InChI is InChI=1S/C23H33N5O/c1-3-26-14-16-27(17-15-26)13-12-24-23(29)22-20-6-4-5-7-21(20)28(25-22)19-10-8-18(2)9-11-19/h8-11H,3-7,12-17H2,1-2H3,(H,24,29). The van der Waals surface area contributed by atoms with Crippen LogP contribution in [0.25, 0.3) is 5.69 Å². The van der Waals surface area contributed by atoms with Gasteiger partial charge in [-0.2, -0.15) is 5.10 Å². The van der Waals surface area contributed by atoms with E-state index < -0.39 is 0 Å². The summed E-state index contributed by atoms with van der Waals surface area (Å²) < 4.78 is 1.99. The van der Waals surface area contributed by atoms with Crippen molar-refractivity contribution in [1.82, 2.24) is 24.9 Å². The molecule has 6 heteroatoms. The molecule has 2 aromatic rings. The second-order valence-corrected chi connectivity index (χ2v) is 8.26. The van der Waals surface area contributed by atoms with Gasteiger partial charge < -0.3 is 10.2 Å². The predicted molar refractivity (Wildman–Crippen MR) is 116 cm³/mol. The summed E-state index contributed by atoms with van der Waals surface area (Å²) in [4.78, 5) is 17.9. The van der Waals surface area contributed by atoms with Crippen LogP contribution in [0.4, 0.5) is 0 Å². The number of aromatic nitrogens is 2. The predicted octanol–water partition coefficient (Wildman–Crippen LogP) is 2.43. The molecule has 6 nitrogen and oxygen atoms in total. The lowest BCUT2D eigenvalue weighted by Crippen LogP contribution is -2.48. The molecule has 1 amide bonds. The summed E-state index contributed by atoms with van der Waals surface area (Å²) in [7, 11) is 0. The monoisotopic (exact) mass is 395 g/mol. The number of amides is 1. The van der Waals surface area contributed by atoms with Gasteiger partial charge in [-0.1, -0.05) is 24.6 Å². The average Bonchev–Trinajstić information content (AvgIpc) is 3.14. The quantitative estimate of drug-likeness (QED) is 0.816. The fourth-order valence-electron chi connectivity index (χ4n) is 4.42. The maximum Gasteiger partial charge on any atom is 0.272 e. The van der Waals surface area contributed by atoms with Gasteiger partial charge in [0.25, 0.3) is 5.91 Å². The van der Waals surface area contributed by atoms with Crippen molar-refractivity contribution in [2.75, 3.05) is 45.8 Å². The number of carbonyl (C=O) groups is 1. The van der Waals surface area contributed by atoms with Crippen LogP contribution in [0.5, 0.6) is 0 Å². The fourth-order valence-corrected chi connectivity index (χ4v) is 4.42. The molecule has 0 saturated carbocycles. The van der Waals surface area contributed by atoms with Gasteiger partial charge in [-0.3, -0.25) is 9.69 Å². The lowest BCUT2D eigenvalue weighted by Gasteiger charge is -2.33. The molecule has 1 aliphatic carbocycles. The number of nitrogens with one attached hydrogen (secondary N) is 1. The lowest BCUT2D eigenvalue weighted by molar-refractivity contribution is 0.0931. The maximum atomic E-state index is 12.9. The van der Waals surface area contributed by atoms with Crippen molar-refractivity contribution in [2.24, 2.45) is 0 Å². The highest BCUT2D eigenvalue weighted by Gasteiger charge is 2.25. The van der Waals surface area contributed by atoms with Crippen LogP contribution in [-0.4, -0.2) is 71.3 Å². The molecule has 1 saturated heterocycles. The van der Waals surface area contributed by atoms with E-state index in [4.69, 9.17) is 5.10 Å². The van der Waals surface area contributed by atoms with Crippen LogP contribution in [0.3, 0.4) is 0 Å². The Morgan fingerprint density at radius 2 is 1.72 bits per heavy atom. The number of likely N-dealkylation sites (N-methyl/N-ethyl adjacent to an activating group) is 1. The van der Waals surface area contributed by atoms with Gasteiger partial charge in [0.05, 0.1) is 5.69 Å². The summed E-state index contributed by atoms with van der Waals surface area (Å²) in [5.41, 5.74) is 5.25. The van der Waals surface area contributed by atoms with Gasteiger partial charge in [0.15, 0.2) is 5.69 Å². The molecule has 1 aromatic carbocycles. The third-order valence-corrected chi connectivity index (χ3v) is 6.30. The van der Waals surface area contributed by atoms with E-state index >= 15 is 0 Å². The van der Waals surface area contributed by atoms with Gasteiger partial charge in [0, 0.05) is 50.5 Å². The van der Waals surface area contributed by atoms with E-state index in [0.29, 0.717) is 12.2 Å². The van der Waals surface area contributed by atoms with Gasteiger partial charge in [0.2, 0.25) is 0 Å². The first-order valence-electron chi connectivity index (χ1n) is 11.1. The molecule has 0 spiro atoms. The van der Waals surface area contributed by atoms with Crippen LogP contribution in [0.2, 0.25) is 0 Å². The second kappa shape index (κ2) is 9.09. The first-order valence-corrected chi connectivity index (χ1v) is 11.1. The Morgan fingerprint density at radius 3 is 2.45 bits per heavy atom. The number of rotatable bonds is 6. The molecule has 1 aromatic heterocycles. The lowest BCUT2D eigenvalue weighted by atomic mass is 9.95. The third kappa shape index (κ3) is 4.54. The first-order chi connectivity index (χ1) is 14.2. The summed E-state index contributed by atoms with van der Waals surface area (Å²) in [6.45, 7) is 11.4. The molecule has 0 radical (unpaired) electrons. The normalized spacial score (nSPS) is 17.9. The van der Waals surface area contributed by atoms with Crippen LogP contribution < -0.4 is 5.32 Å². The molecule has 29 heavy (non-hydrogen) atoms. The highest BCUT2D eigenvalue weighted by Crippen LogP contribution is 2.27. The molecule has 1 fully saturated rings. The number of fused-ring (bicyclic) bond motifs is 1. The average molecular weight is 396 g/mol. The van der Waals surface area contributed by atoms with E-state index in [0.717, 1.165) is 76.2 Å². The summed E-state index contributed by atoms with van der Waals surface area (Å²) in [6, 6.07) is 8.39. The minimum absolute atomic E-state index is 0.0267. The van der Waals surface area contributed by atoms with Crippen LogP contribution in [0, 0.1) is 6.92 Å². The van der Waals surface area contributed by atoms with E-state index in [2.05, 4.69) is 53.2 Å². The van der Waals surface area contributed by atoms with Gasteiger partial charge in [-0.25, -0.2) is 4.68 Å². The number of benzene rings is 1. The van der Waals surface area contributed by atoms with Crippen molar-refractivity contribution >= 4 is 5.91 Å². The Hall–Kier alpha value is -2.18. The number of aryl methyl sites for hydroxylation is 1. The highest BCUT2D eigenvalue weighted by atomic mass is 16.2. The van der Waals surface area contributed by atoms with Crippen LogP contribution >= 0.6 is 0 Å². The van der Waals surface area contributed by atoms with Crippen molar-refractivity contribution in [3.63, 3.8) is 0 Å². The van der Waals surface area contributed by atoms with E-state index in [1.165, 1.54) is 11.3 Å². The number of carbonyl (C=O) groups excluding carboxylic acids is 1. The summed E-state index contributed by atoms with van der Waals surface area (Å²) in [5.74, 6) is -0.0267. The van der Waals surface area contributed by atoms with Crippen molar-refractivity contribution in [2.45, 2.75) is 39.5 Å². The van der Waals surface area contributed by atoms with Crippen LogP contribution in [-0.2, 0) is 12.8 Å². The van der Waals surface area contributed by atoms with E-state index in [1.54, 1.807) is 0 Å². The third-order valence-electron chi connectivity index (χ3n) is 6.30. The number of hydrogen-bond acceptors (Lipinski definition) is 4. The van der Waals surface area contributed by atoms with Crippen molar-refractivity contribution in [1.29, 1.82) is 0 Å². The van der Waals surface area contributed by atoms with Crippen LogP contribution in [0.15, 0.2) is 24.3 Å². The summed E-state index contributed by atoms with van der Waals surface area (Å²) in [6.07, 6.45) is 4.23. The van der Waals surface area contributed by atoms with E-state index in [1.807, 2.05) is 4.68 Å².